The first-order valence-corrected chi connectivity index (χ1v) is 7.51. The van der Waals surface area contributed by atoms with Gasteiger partial charge < -0.3 is 0 Å². The fraction of sp³-hybridized carbons (Fsp3) is 0.529. The van der Waals surface area contributed by atoms with Crippen molar-refractivity contribution in [2.24, 2.45) is 5.41 Å². The average Bonchev–Trinajstić information content (AvgIpc) is 2.52. The van der Waals surface area contributed by atoms with Gasteiger partial charge in [-0.3, -0.25) is 0 Å². The van der Waals surface area contributed by atoms with Crippen LogP contribution in [0.3, 0.4) is 0 Å². The van der Waals surface area contributed by atoms with E-state index in [9.17, 15) is 0 Å². The Labute approximate surface area is 115 Å². The third-order valence-corrected chi connectivity index (χ3v) is 5.27. The minimum absolute atomic E-state index is 0.365. The molecule has 0 bridgehead atoms. The lowest BCUT2D eigenvalue weighted by molar-refractivity contribution is 0.414. The molecule has 0 nitrogen and oxygen atoms in total. The van der Waals surface area contributed by atoms with Gasteiger partial charge in [0.05, 0.1) is 0 Å². The van der Waals surface area contributed by atoms with Crippen LogP contribution < -0.4 is 0 Å². The van der Waals surface area contributed by atoms with E-state index < -0.39 is 0 Å². The van der Waals surface area contributed by atoms with Crippen molar-refractivity contribution >= 4 is 21.4 Å². The van der Waals surface area contributed by atoms with Crippen LogP contribution in [0.1, 0.15) is 47.9 Å². The van der Waals surface area contributed by atoms with Crippen LogP contribution in [-0.4, -0.2) is 0 Å². The molecule has 0 radical (unpaired) electrons. The first-order chi connectivity index (χ1) is 8.20. The molecular formula is C17H24S. The van der Waals surface area contributed by atoms with E-state index in [1.54, 1.807) is 4.88 Å². The number of hydrogen-bond acceptors (Lipinski definition) is 1. The van der Waals surface area contributed by atoms with Crippen molar-refractivity contribution in [3.63, 3.8) is 0 Å². The summed E-state index contributed by atoms with van der Waals surface area (Å²) >= 11 is 2.00. The molecule has 2 aromatic rings. The Balaban J connectivity index is 2.67. The summed E-state index contributed by atoms with van der Waals surface area (Å²) in [6, 6.07) is 2.37. The molecule has 1 aromatic heterocycles. The quantitative estimate of drug-likeness (QED) is 0.615. The number of thiophene rings is 1. The van der Waals surface area contributed by atoms with Crippen molar-refractivity contribution in [3.8, 4) is 0 Å². The van der Waals surface area contributed by atoms with Gasteiger partial charge in [0.15, 0.2) is 0 Å². The predicted molar refractivity (Wildman–Crippen MR) is 83.9 cm³/mol. The maximum Gasteiger partial charge on any atom is 0.0380 e. The molecule has 1 heteroatoms. The minimum atomic E-state index is 0.365. The van der Waals surface area contributed by atoms with Gasteiger partial charge >= 0.3 is 0 Å². The van der Waals surface area contributed by atoms with Crippen LogP contribution in [0.2, 0.25) is 0 Å². The van der Waals surface area contributed by atoms with Crippen molar-refractivity contribution in [2.75, 3.05) is 0 Å². The summed E-state index contributed by atoms with van der Waals surface area (Å²) in [4.78, 5) is 1.56. The lowest BCUT2D eigenvalue weighted by Crippen LogP contribution is -2.08. The number of hydrogen-bond donors (Lipinski definition) is 0. The van der Waals surface area contributed by atoms with Gasteiger partial charge in [-0.05, 0) is 67.2 Å². The summed E-state index contributed by atoms with van der Waals surface area (Å²) in [5, 5.41) is 1.47. The van der Waals surface area contributed by atoms with Crippen LogP contribution in [0.5, 0.6) is 0 Å². The average molecular weight is 260 g/mol. The third-order valence-electron chi connectivity index (χ3n) is 3.84. The fourth-order valence-corrected chi connectivity index (χ4v) is 4.11. The highest BCUT2D eigenvalue weighted by molar-refractivity contribution is 7.19. The van der Waals surface area contributed by atoms with E-state index in [-0.39, 0.29) is 0 Å². The number of aryl methyl sites for hydroxylation is 3. The van der Waals surface area contributed by atoms with E-state index in [0.29, 0.717) is 5.41 Å². The zero-order chi connectivity index (χ0) is 13.7. The van der Waals surface area contributed by atoms with Crippen molar-refractivity contribution in [3.05, 3.63) is 33.2 Å². The molecule has 0 atom stereocenters. The second-order valence-electron chi connectivity index (χ2n) is 6.71. The lowest BCUT2D eigenvalue weighted by atomic mass is 9.90. The van der Waals surface area contributed by atoms with Gasteiger partial charge in [0.1, 0.15) is 0 Å². The fourth-order valence-electron chi connectivity index (χ4n) is 2.47. The second-order valence-corrected chi connectivity index (χ2v) is 7.81. The number of rotatable bonds is 1. The van der Waals surface area contributed by atoms with Gasteiger partial charge in [-0.2, -0.15) is 0 Å². The molecule has 0 saturated heterocycles. The third kappa shape index (κ3) is 2.33. The first-order valence-electron chi connectivity index (χ1n) is 6.69. The molecule has 0 amide bonds. The Morgan fingerprint density at radius 1 is 0.944 bits per heavy atom. The molecule has 0 aliphatic heterocycles. The summed E-state index contributed by atoms with van der Waals surface area (Å²) in [6.45, 7) is 16.0. The minimum Gasteiger partial charge on any atom is -0.140 e. The van der Waals surface area contributed by atoms with Crippen molar-refractivity contribution < 1.29 is 0 Å². The lowest BCUT2D eigenvalue weighted by Gasteiger charge is -2.17. The molecule has 0 unspecified atom stereocenters. The van der Waals surface area contributed by atoms with Gasteiger partial charge in [-0.25, -0.2) is 0 Å². The Morgan fingerprint density at radius 2 is 1.56 bits per heavy atom. The SMILES string of the molecule is Cc1cc2c(C)c(CC(C)(C)C)sc2c(C)c1C. The smallest absolute Gasteiger partial charge is 0.0380 e. The standard InChI is InChI=1S/C17H24S/c1-10-8-14-13(4)15(9-17(5,6)7)18-16(14)12(3)11(10)2/h8H,9H2,1-7H3. The summed E-state index contributed by atoms with van der Waals surface area (Å²) < 4.78 is 1.50. The normalized spacial score (nSPS) is 12.4. The Hall–Kier alpha value is -0.820. The maximum atomic E-state index is 2.37. The summed E-state index contributed by atoms with van der Waals surface area (Å²) in [6.07, 6.45) is 1.18. The Morgan fingerprint density at radius 3 is 2.11 bits per heavy atom. The van der Waals surface area contributed by atoms with Gasteiger partial charge in [-0.15, -0.1) is 11.3 Å². The molecule has 1 aromatic carbocycles. The van der Waals surface area contributed by atoms with Crippen LogP contribution >= 0.6 is 11.3 Å². The van der Waals surface area contributed by atoms with Crippen molar-refractivity contribution in [2.45, 2.75) is 54.9 Å². The van der Waals surface area contributed by atoms with E-state index in [1.165, 1.54) is 38.8 Å². The molecule has 18 heavy (non-hydrogen) atoms. The van der Waals surface area contributed by atoms with E-state index in [2.05, 4.69) is 54.5 Å². The van der Waals surface area contributed by atoms with Crippen LogP contribution in [-0.2, 0) is 6.42 Å². The topological polar surface area (TPSA) is 0 Å². The highest BCUT2D eigenvalue weighted by atomic mass is 32.1. The molecule has 2 rings (SSSR count). The summed E-state index contributed by atoms with van der Waals surface area (Å²) in [7, 11) is 0. The molecule has 0 aliphatic rings. The highest BCUT2D eigenvalue weighted by Gasteiger charge is 2.18. The molecular weight excluding hydrogens is 236 g/mol. The monoisotopic (exact) mass is 260 g/mol. The van der Waals surface area contributed by atoms with Gasteiger partial charge in [0, 0.05) is 9.58 Å². The zero-order valence-electron chi connectivity index (χ0n) is 12.7. The molecule has 0 aliphatic carbocycles. The molecule has 0 spiro atoms. The van der Waals surface area contributed by atoms with E-state index >= 15 is 0 Å². The van der Waals surface area contributed by atoms with E-state index in [0.717, 1.165) is 0 Å². The van der Waals surface area contributed by atoms with E-state index in [1.807, 2.05) is 11.3 Å². The van der Waals surface area contributed by atoms with E-state index in [4.69, 9.17) is 0 Å². The molecule has 0 saturated carbocycles. The first kappa shape index (κ1) is 13.6. The van der Waals surface area contributed by atoms with Crippen LogP contribution in [0.15, 0.2) is 6.07 Å². The number of benzene rings is 1. The van der Waals surface area contributed by atoms with Gasteiger partial charge in [0.25, 0.3) is 0 Å². The zero-order valence-corrected chi connectivity index (χ0v) is 13.5. The van der Waals surface area contributed by atoms with Crippen molar-refractivity contribution in [1.82, 2.24) is 0 Å². The van der Waals surface area contributed by atoms with Crippen LogP contribution in [0.4, 0.5) is 0 Å². The molecule has 0 N–H and O–H groups in total. The predicted octanol–water partition coefficient (Wildman–Crippen LogP) is 5.72. The largest absolute Gasteiger partial charge is 0.140 e. The van der Waals surface area contributed by atoms with Crippen LogP contribution in [0.25, 0.3) is 10.1 Å². The van der Waals surface area contributed by atoms with Gasteiger partial charge in [0.2, 0.25) is 0 Å². The Kier molecular flexibility index (Phi) is 3.31. The summed E-state index contributed by atoms with van der Waals surface area (Å²) in [5.41, 5.74) is 6.20. The number of fused-ring (bicyclic) bond motifs is 1. The molecule has 98 valence electrons. The molecule has 1 heterocycles. The summed E-state index contributed by atoms with van der Waals surface area (Å²) in [5.74, 6) is 0. The Bertz CT molecular complexity index is 594. The maximum absolute atomic E-state index is 2.37. The van der Waals surface area contributed by atoms with Gasteiger partial charge in [-0.1, -0.05) is 26.8 Å². The second kappa shape index (κ2) is 4.38. The van der Waals surface area contributed by atoms with Crippen LogP contribution in [0, 0.1) is 33.1 Å². The highest BCUT2D eigenvalue weighted by Crippen LogP contribution is 2.38. The molecule has 0 fully saturated rings. The van der Waals surface area contributed by atoms with Crippen molar-refractivity contribution in [1.29, 1.82) is 0 Å².